The van der Waals surface area contributed by atoms with Crippen molar-refractivity contribution in [2.45, 2.75) is 27.3 Å². The molecule has 1 aliphatic rings. The molecule has 0 radical (unpaired) electrons. The Balaban J connectivity index is 1.85. The number of rotatable bonds is 2. The van der Waals surface area contributed by atoms with E-state index in [2.05, 4.69) is 9.88 Å². The highest BCUT2D eigenvalue weighted by Gasteiger charge is 2.29. The maximum atomic E-state index is 12.2. The van der Waals surface area contributed by atoms with Crippen molar-refractivity contribution in [1.29, 1.82) is 0 Å². The summed E-state index contributed by atoms with van der Waals surface area (Å²) in [6.07, 6.45) is 3.66. The molecule has 0 unspecified atom stereocenters. The van der Waals surface area contributed by atoms with Crippen LogP contribution in [0.3, 0.4) is 0 Å². The van der Waals surface area contributed by atoms with E-state index in [1.54, 1.807) is 0 Å². The predicted molar refractivity (Wildman–Crippen MR) is 75.5 cm³/mol. The molecule has 0 aliphatic carbocycles. The molecule has 4 nitrogen and oxygen atoms in total. The summed E-state index contributed by atoms with van der Waals surface area (Å²) in [5, 5.41) is 0. The zero-order valence-electron chi connectivity index (χ0n) is 12.1. The fourth-order valence-electron chi connectivity index (χ4n) is 2.33. The average Bonchev–Trinajstić information content (AvgIpc) is 2.39. The minimum Gasteiger partial charge on any atom is -0.340 e. The summed E-state index contributed by atoms with van der Waals surface area (Å²) in [6.45, 7) is 10.5. The van der Waals surface area contributed by atoms with Crippen LogP contribution in [-0.2, 0) is 11.3 Å². The maximum absolute atomic E-state index is 12.2. The normalized spacial score (nSPS) is 17.5. The molecule has 0 aromatic carbocycles. The number of carbonyl (C=O) groups is 1. The molecule has 1 amide bonds. The van der Waals surface area contributed by atoms with Crippen molar-refractivity contribution in [3.63, 3.8) is 0 Å². The Morgan fingerprint density at radius 3 is 2.26 bits per heavy atom. The minimum atomic E-state index is -0.271. The molecule has 1 aliphatic heterocycles. The molecule has 2 rings (SSSR count). The van der Waals surface area contributed by atoms with Gasteiger partial charge in [-0.05, 0) is 17.7 Å². The molecule has 0 saturated carbocycles. The van der Waals surface area contributed by atoms with Crippen LogP contribution in [0.1, 0.15) is 26.3 Å². The summed E-state index contributed by atoms with van der Waals surface area (Å²) in [5.74, 6) is 0.260. The highest BCUT2D eigenvalue weighted by atomic mass is 16.2. The number of aromatic nitrogens is 1. The van der Waals surface area contributed by atoms with Crippen LogP contribution in [0.5, 0.6) is 0 Å². The van der Waals surface area contributed by atoms with E-state index >= 15 is 0 Å². The number of nitrogens with zero attached hydrogens (tertiary/aromatic N) is 3. The molecule has 1 fully saturated rings. The van der Waals surface area contributed by atoms with Gasteiger partial charge in [0.15, 0.2) is 0 Å². The Bertz CT molecular complexity index is 417. The van der Waals surface area contributed by atoms with Gasteiger partial charge in [0.2, 0.25) is 5.91 Å². The molecule has 1 saturated heterocycles. The van der Waals surface area contributed by atoms with Crippen LogP contribution >= 0.6 is 0 Å². The largest absolute Gasteiger partial charge is 0.340 e. The monoisotopic (exact) mass is 261 g/mol. The SMILES string of the molecule is CC(C)(C)C(=O)N1CCN(Cc2ccncc2)CC1. The lowest BCUT2D eigenvalue weighted by Gasteiger charge is -2.37. The smallest absolute Gasteiger partial charge is 0.228 e. The van der Waals surface area contributed by atoms with Gasteiger partial charge in [-0.3, -0.25) is 14.7 Å². The lowest BCUT2D eigenvalue weighted by molar-refractivity contribution is -0.141. The molecule has 104 valence electrons. The third kappa shape index (κ3) is 3.77. The van der Waals surface area contributed by atoms with Crippen molar-refractivity contribution in [2.75, 3.05) is 26.2 Å². The van der Waals surface area contributed by atoms with Crippen molar-refractivity contribution in [2.24, 2.45) is 5.41 Å². The molecule has 0 N–H and O–H groups in total. The van der Waals surface area contributed by atoms with Gasteiger partial charge in [-0.1, -0.05) is 20.8 Å². The van der Waals surface area contributed by atoms with Gasteiger partial charge in [0.25, 0.3) is 0 Å². The zero-order chi connectivity index (χ0) is 13.9. The molecular weight excluding hydrogens is 238 g/mol. The molecule has 2 heterocycles. The summed E-state index contributed by atoms with van der Waals surface area (Å²) in [4.78, 5) is 20.6. The molecule has 0 bridgehead atoms. The van der Waals surface area contributed by atoms with Crippen LogP contribution in [0, 0.1) is 5.41 Å². The molecule has 1 aromatic rings. The Kier molecular flexibility index (Phi) is 4.20. The Labute approximate surface area is 115 Å². The van der Waals surface area contributed by atoms with Gasteiger partial charge in [0.05, 0.1) is 0 Å². The fourth-order valence-corrected chi connectivity index (χ4v) is 2.33. The maximum Gasteiger partial charge on any atom is 0.228 e. The lowest BCUT2D eigenvalue weighted by Crippen LogP contribution is -2.51. The van der Waals surface area contributed by atoms with Crippen LogP contribution in [0.15, 0.2) is 24.5 Å². The first-order valence-corrected chi connectivity index (χ1v) is 6.87. The van der Waals surface area contributed by atoms with Crippen molar-refractivity contribution in [3.05, 3.63) is 30.1 Å². The van der Waals surface area contributed by atoms with Crippen LogP contribution < -0.4 is 0 Å². The molecular formula is C15H23N3O. The Hall–Kier alpha value is -1.42. The first-order valence-electron chi connectivity index (χ1n) is 6.87. The number of piperazine rings is 1. The second kappa shape index (κ2) is 5.70. The molecule has 0 atom stereocenters. The molecule has 0 spiro atoms. The van der Waals surface area contributed by atoms with E-state index < -0.39 is 0 Å². The number of carbonyl (C=O) groups excluding carboxylic acids is 1. The van der Waals surface area contributed by atoms with E-state index in [9.17, 15) is 4.79 Å². The van der Waals surface area contributed by atoms with Gasteiger partial charge in [0.1, 0.15) is 0 Å². The summed E-state index contributed by atoms with van der Waals surface area (Å²) < 4.78 is 0. The summed E-state index contributed by atoms with van der Waals surface area (Å²) >= 11 is 0. The van der Waals surface area contributed by atoms with E-state index in [1.807, 2.05) is 50.2 Å². The molecule has 19 heavy (non-hydrogen) atoms. The highest BCUT2D eigenvalue weighted by Crippen LogP contribution is 2.19. The molecule has 4 heteroatoms. The van der Waals surface area contributed by atoms with Gasteiger partial charge >= 0.3 is 0 Å². The van der Waals surface area contributed by atoms with Crippen molar-refractivity contribution in [3.8, 4) is 0 Å². The second-order valence-corrected chi connectivity index (χ2v) is 6.17. The quantitative estimate of drug-likeness (QED) is 0.814. The Morgan fingerprint density at radius 2 is 1.74 bits per heavy atom. The second-order valence-electron chi connectivity index (χ2n) is 6.17. The number of pyridine rings is 1. The van der Waals surface area contributed by atoms with E-state index in [-0.39, 0.29) is 11.3 Å². The summed E-state index contributed by atoms with van der Waals surface area (Å²) in [5.41, 5.74) is 1.01. The van der Waals surface area contributed by atoms with Crippen molar-refractivity contribution >= 4 is 5.91 Å². The first-order chi connectivity index (χ1) is 8.97. The van der Waals surface area contributed by atoms with Crippen molar-refractivity contribution < 1.29 is 4.79 Å². The van der Waals surface area contributed by atoms with E-state index in [0.29, 0.717) is 0 Å². The van der Waals surface area contributed by atoms with E-state index in [0.717, 1.165) is 32.7 Å². The number of amides is 1. The third-order valence-electron chi connectivity index (χ3n) is 3.46. The van der Waals surface area contributed by atoms with Gasteiger partial charge in [-0.25, -0.2) is 0 Å². The van der Waals surface area contributed by atoms with Gasteiger partial charge in [-0.15, -0.1) is 0 Å². The predicted octanol–water partition coefficient (Wildman–Crippen LogP) is 1.77. The highest BCUT2D eigenvalue weighted by molar-refractivity contribution is 5.81. The summed E-state index contributed by atoms with van der Waals surface area (Å²) in [6, 6.07) is 4.10. The van der Waals surface area contributed by atoms with Crippen LogP contribution in [-0.4, -0.2) is 46.9 Å². The number of hydrogen-bond donors (Lipinski definition) is 0. The average molecular weight is 261 g/mol. The zero-order valence-corrected chi connectivity index (χ0v) is 12.1. The first kappa shape index (κ1) is 14.0. The standard InChI is InChI=1S/C15H23N3O/c1-15(2,3)14(19)18-10-8-17(9-11-18)12-13-4-6-16-7-5-13/h4-7H,8-12H2,1-3H3. The van der Waals surface area contributed by atoms with Crippen LogP contribution in [0.4, 0.5) is 0 Å². The van der Waals surface area contributed by atoms with E-state index in [1.165, 1.54) is 5.56 Å². The Morgan fingerprint density at radius 1 is 1.16 bits per heavy atom. The minimum absolute atomic E-state index is 0.260. The lowest BCUT2D eigenvalue weighted by atomic mass is 9.94. The van der Waals surface area contributed by atoms with Crippen LogP contribution in [0.25, 0.3) is 0 Å². The summed E-state index contributed by atoms with van der Waals surface area (Å²) in [7, 11) is 0. The molecule has 1 aromatic heterocycles. The van der Waals surface area contributed by atoms with Gasteiger partial charge in [-0.2, -0.15) is 0 Å². The van der Waals surface area contributed by atoms with Crippen molar-refractivity contribution in [1.82, 2.24) is 14.8 Å². The van der Waals surface area contributed by atoms with Crippen LogP contribution in [0.2, 0.25) is 0 Å². The fraction of sp³-hybridized carbons (Fsp3) is 0.600. The topological polar surface area (TPSA) is 36.4 Å². The van der Waals surface area contributed by atoms with E-state index in [4.69, 9.17) is 0 Å². The third-order valence-corrected chi connectivity index (χ3v) is 3.46. The van der Waals surface area contributed by atoms with Gasteiger partial charge < -0.3 is 4.90 Å². The number of hydrogen-bond acceptors (Lipinski definition) is 3. The van der Waals surface area contributed by atoms with Gasteiger partial charge in [0, 0.05) is 50.5 Å².